The molecule has 4 unspecified atom stereocenters. The van der Waals surface area contributed by atoms with Crippen molar-refractivity contribution in [2.45, 2.75) is 13.3 Å². The van der Waals surface area contributed by atoms with E-state index < -0.39 is 0 Å². The van der Waals surface area contributed by atoms with Gasteiger partial charge in [-0.3, -0.25) is 19.3 Å². The molecule has 1 aromatic rings. The molecule has 1 aliphatic heterocycles. The van der Waals surface area contributed by atoms with Crippen LogP contribution in [-0.2, 0) is 14.4 Å². The summed E-state index contributed by atoms with van der Waals surface area (Å²) in [5.74, 6) is 0.251. The molecule has 2 bridgehead atoms. The first-order valence-corrected chi connectivity index (χ1v) is 10.5. The highest BCUT2D eigenvalue weighted by molar-refractivity contribution is 6.06. The quantitative estimate of drug-likeness (QED) is 0.270. The molecule has 1 saturated heterocycles. The largest absolute Gasteiger partial charge is 0.357 e. The van der Waals surface area contributed by atoms with E-state index in [1.165, 1.54) is 4.90 Å². The van der Waals surface area contributed by atoms with Crippen molar-refractivity contribution in [3.8, 4) is 0 Å². The lowest BCUT2D eigenvalue weighted by Gasteiger charge is -2.18. The number of benzene rings is 1. The van der Waals surface area contributed by atoms with E-state index in [9.17, 15) is 14.4 Å². The van der Waals surface area contributed by atoms with E-state index in [0.29, 0.717) is 25.6 Å². The number of carbonyl (C=O) groups is 3. The van der Waals surface area contributed by atoms with Gasteiger partial charge in [-0.15, -0.1) is 0 Å². The number of rotatable bonds is 7. The predicted molar refractivity (Wildman–Crippen MR) is 113 cm³/mol. The van der Waals surface area contributed by atoms with Crippen molar-refractivity contribution in [1.29, 1.82) is 0 Å². The van der Waals surface area contributed by atoms with Crippen LogP contribution in [-0.4, -0.2) is 54.8 Å². The number of fused-ring (bicyclic) bond motifs is 5. The standard InChI is InChI=1S/C22H27N5O3/c1-2-23-22(25-13-17(28)26-16-6-4-3-5-7-16)24-10-11-27-20(29)18-14-8-9-15(12-14)19(18)21(27)30/h3-9,14-15,18-19H,2,10-13H2,1H3,(H,26,28)(H2,23,24,25). The second-order valence-electron chi connectivity index (χ2n) is 7.86. The zero-order chi connectivity index (χ0) is 21.1. The Kier molecular flexibility index (Phi) is 5.83. The van der Waals surface area contributed by atoms with Crippen molar-refractivity contribution in [2.24, 2.45) is 28.7 Å². The van der Waals surface area contributed by atoms with Gasteiger partial charge in [-0.1, -0.05) is 30.4 Å². The lowest BCUT2D eigenvalue weighted by atomic mass is 9.85. The lowest BCUT2D eigenvalue weighted by Crippen LogP contribution is -2.44. The Hall–Kier alpha value is -3.16. The van der Waals surface area contributed by atoms with E-state index in [1.54, 1.807) is 0 Å². The van der Waals surface area contributed by atoms with Crippen LogP contribution in [0.25, 0.3) is 0 Å². The first-order chi connectivity index (χ1) is 14.6. The fourth-order valence-electron chi connectivity index (χ4n) is 4.69. The van der Waals surface area contributed by atoms with E-state index in [4.69, 9.17) is 0 Å². The van der Waals surface area contributed by atoms with Gasteiger partial charge in [0, 0.05) is 25.3 Å². The average Bonchev–Trinajstić information content (AvgIpc) is 3.42. The second-order valence-corrected chi connectivity index (χ2v) is 7.86. The monoisotopic (exact) mass is 409 g/mol. The van der Waals surface area contributed by atoms with Crippen molar-refractivity contribution >= 4 is 29.4 Å². The van der Waals surface area contributed by atoms with Crippen molar-refractivity contribution in [2.75, 3.05) is 31.5 Å². The van der Waals surface area contributed by atoms with Gasteiger partial charge in [0.1, 0.15) is 6.54 Å². The van der Waals surface area contributed by atoms with E-state index in [2.05, 4.69) is 33.1 Å². The molecule has 30 heavy (non-hydrogen) atoms. The number of para-hydroxylation sites is 1. The highest BCUT2D eigenvalue weighted by Gasteiger charge is 2.58. The van der Waals surface area contributed by atoms with Crippen molar-refractivity contribution in [3.63, 3.8) is 0 Å². The van der Waals surface area contributed by atoms with Crippen LogP contribution < -0.4 is 16.0 Å². The first kappa shape index (κ1) is 20.1. The Morgan fingerprint density at radius 2 is 1.73 bits per heavy atom. The van der Waals surface area contributed by atoms with Gasteiger partial charge in [0.15, 0.2) is 5.96 Å². The number of carbonyl (C=O) groups excluding carboxylic acids is 3. The maximum absolute atomic E-state index is 12.7. The van der Waals surface area contributed by atoms with Gasteiger partial charge in [0.05, 0.1) is 11.8 Å². The van der Waals surface area contributed by atoms with Crippen molar-refractivity contribution < 1.29 is 14.4 Å². The number of amides is 3. The fourth-order valence-corrected chi connectivity index (χ4v) is 4.69. The topological polar surface area (TPSA) is 103 Å². The molecule has 0 radical (unpaired) electrons. The molecule has 2 aliphatic carbocycles. The Labute approximate surface area is 175 Å². The van der Waals surface area contributed by atoms with Gasteiger partial charge in [-0.25, -0.2) is 4.99 Å². The number of aliphatic imine (C=N–C) groups is 1. The average molecular weight is 409 g/mol. The number of nitrogens with one attached hydrogen (secondary N) is 3. The SMILES string of the molecule is CCNC(=NCC(=O)Nc1ccccc1)NCCN1C(=O)C2C3C=CC(C3)C2C1=O. The van der Waals surface area contributed by atoms with E-state index in [1.807, 2.05) is 37.3 Å². The predicted octanol–water partition coefficient (Wildman–Crippen LogP) is 0.987. The molecule has 3 amide bonds. The third-order valence-corrected chi connectivity index (χ3v) is 5.97. The Morgan fingerprint density at radius 1 is 1.07 bits per heavy atom. The molecule has 1 heterocycles. The highest BCUT2D eigenvalue weighted by atomic mass is 16.2. The van der Waals surface area contributed by atoms with Crippen LogP contribution in [0.3, 0.4) is 0 Å². The zero-order valence-corrected chi connectivity index (χ0v) is 17.0. The van der Waals surface area contributed by atoms with E-state index in [-0.39, 0.29) is 47.9 Å². The van der Waals surface area contributed by atoms with Crippen LogP contribution >= 0.6 is 0 Å². The molecular weight excluding hydrogens is 382 g/mol. The molecule has 2 fully saturated rings. The third-order valence-electron chi connectivity index (χ3n) is 5.97. The van der Waals surface area contributed by atoms with Gasteiger partial charge in [-0.2, -0.15) is 0 Å². The Bertz CT molecular complexity index is 852. The molecule has 0 spiro atoms. The van der Waals surface area contributed by atoms with Crippen molar-refractivity contribution in [3.05, 3.63) is 42.5 Å². The van der Waals surface area contributed by atoms with Crippen LogP contribution in [0.2, 0.25) is 0 Å². The summed E-state index contributed by atoms with van der Waals surface area (Å²) < 4.78 is 0. The summed E-state index contributed by atoms with van der Waals surface area (Å²) >= 11 is 0. The molecule has 3 N–H and O–H groups in total. The number of anilines is 1. The van der Waals surface area contributed by atoms with Crippen LogP contribution in [0.4, 0.5) is 5.69 Å². The maximum atomic E-state index is 12.7. The number of guanidine groups is 1. The minimum absolute atomic E-state index is 0.0367. The number of imide groups is 1. The maximum Gasteiger partial charge on any atom is 0.246 e. The minimum atomic E-state index is -0.223. The number of hydrogen-bond donors (Lipinski definition) is 3. The molecule has 1 saturated carbocycles. The number of nitrogens with zero attached hydrogens (tertiary/aromatic N) is 2. The van der Waals surface area contributed by atoms with Crippen molar-refractivity contribution in [1.82, 2.24) is 15.5 Å². The van der Waals surface area contributed by atoms with Crippen LogP contribution in [0.15, 0.2) is 47.5 Å². The van der Waals surface area contributed by atoms with Crippen LogP contribution in [0.5, 0.6) is 0 Å². The molecule has 4 atom stereocenters. The minimum Gasteiger partial charge on any atom is -0.357 e. The molecule has 158 valence electrons. The Morgan fingerprint density at radius 3 is 2.37 bits per heavy atom. The number of allylic oxidation sites excluding steroid dienone is 2. The van der Waals surface area contributed by atoms with Gasteiger partial charge in [-0.05, 0) is 37.3 Å². The summed E-state index contributed by atoms with van der Waals surface area (Å²) in [6.45, 7) is 3.20. The summed E-state index contributed by atoms with van der Waals surface area (Å²) in [6.07, 6.45) is 5.12. The smallest absolute Gasteiger partial charge is 0.246 e. The highest BCUT2D eigenvalue weighted by Crippen LogP contribution is 2.52. The van der Waals surface area contributed by atoms with E-state index in [0.717, 1.165) is 12.1 Å². The molecule has 8 heteroatoms. The molecular formula is C22H27N5O3. The lowest BCUT2D eigenvalue weighted by molar-refractivity contribution is -0.140. The zero-order valence-electron chi connectivity index (χ0n) is 17.0. The third kappa shape index (κ3) is 3.94. The first-order valence-electron chi connectivity index (χ1n) is 10.5. The van der Waals surface area contributed by atoms with Gasteiger partial charge in [0.25, 0.3) is 0 Å². The summed E-state index contributed by atoms with van der Waals surface area (Å²) in [4.78, 5) is 43.2. The summed E-state index contributed by atoms with van der Waals surface area (Å²) in [5.41, 5.74) is 0.718. The van der Waals surface area contributed by atoms with Crippen LogP contribution in [0.1, 0.15) is 13.3 Å². The molecule has 3 aliphatic rings. The summed E-state index contributed by atoms with van der Waals surface area (Å²) in [7, 11) is 0. The van der Waals surface area contributed by atoms with Gasteiger partial charge < -0.3 is 16.0 Å². The fraction of sp³-hybridized carbons (Fsp3) is 0.455. The molecule has 8 nitrogen and oxygen atoms in total. The number of likely N-dealkylation sites (tertiary alicyclic amines) is 1. The second kappa shape index (κ2) is 8.69. The normalized spacial score (nSPS) is 26.8. The van der Waals surface area contributed by atoms with E-state index >= 15 is 0 Å². The van der Waals surface area contributed by atoms with Gasteiger partial charge >= 0.3 is 0 Å². The number of hydrogen-bond acceptors (Lipinski definition) is 4. The molecule has 1 aromatic carbocycles. The molecule has 0 aromatic heterocycles. The van der Waals surface area contributed by atoms with Gasteiger partial charge in [0.2, 0.25) is 17.7 Å². The summed E-state index contributed by atoms with van der Waals surface area (Å²) in [5, 5.41) is 8.97. The Balaban J connectivity index is 1.28. The van der Waals surface area contributed by atoms with Crippen LogP contribution in [0, 0.1) is 23.7 Å². The summed E-state index contributed by atoms with van der Waals surface area (Å²) in [6, 6.07) is 9.20. The molecule has 4 rings (SSSR count).